The van der Waals surface area contributed by atoms with E-state index in [4.69, 9.17) is 24.9 Å². The van der Waals surface area contributed by atoms with Crippen molar-refractivity contribution in [1.82, 2.24) is 0 Å². The number of esters is 1. The number of benzene rings is 1. The second-order valence-corrected chi connectivity index (χ2v) is 9.71. The molecule has 31 heavy (non-hydrogen) atoms. The van der Waals surface area contributed by atoms with E-state index in [2.05, 4.69) is 5.92 Å². The summed E-state index contributed by atoms with van der Waals surface area (Å²) < 4.78 is 35.1. The fraction of sp³-hybridized carbons (Fsp3) is 0.565. The number of carbonyl (C=O) groups excluding carboxylic acids is 2. The van der Waals surface area contributed by atoms with Crippen LogP contribution in [0.25, 0.3) is 0 Å². The van der Waals surface area contributed by atoms with Gasteiger partial charge in [-0.3, -0.25) is 9.36 Å². The van der Waals surface area contributed by atoms with Gasteiger partial charge in [0.25, 0.3) is 0 Å². The molecule has 0 aliphatic carbocycles. The Morgan fingerprint density at radius 3 is 2.32 bits per heavy atom. The number of carbonyl (C=O) groups is 2. The molecule has 0 heterocycles. The Bertz CT molecular complexity index is 760. The molecule has 0 N–H and O–H groups in total. The molecule has 8 heteroatoms. The first-order chi connectivity index (χ1) is 14.7. The quantitative estimate of drug-likeness (QED) is 0.128. The molecule has 0 aliphatic heterocycles. The first kappa shape index (κ1) is 27.1. The van der Waals surface area contributed by atoms with Gasteiger partial charge in [-0.2, -0.15) is 0 Å². The number of ether oxygens (including phenoxy) is 2. The summed E-state index contributed by atoms with van der Waals surface area (Å²) in [5, 5.41) is 0. The van der Waals surface area contributed by atoms with E-state index < -0.39 is 30.7 Å². The molecule has 0 spiro atoms. The Hall–Kier alpha value is -1.97. The molecule has 172 valence electrons. The lowest BCUT2D eigenvalue weighted by Gasteiger charge is -2.29. The summed E-state index contributed by atoms with van der Waals surface area (Å²) in [5.41, 5.74) is -1.23. The molecule has 1 aromatic carbocycles. The highest BCUT2D eigenvalue weighted by molar-refractivity contribution is 7.55. The van der Waals surface area contributed by atoms with E-state index >= 15 is 0 Å². The molecule has 0 aromatic heterocycles. The normalized spacial score (nSPS) is 13.8. The monoisotopic (exact) mass is 452 g/mol. The van der Waals surface area contributed by atoms with Gasteiger partial charge in [0.1, 0.15) is 6.29 Å². The zero-order valence-corrected chi connectivity index (χ0v) is 19.6. The number of aldehydes is 1. The highest BCUT2D eigenvalue weighted by Crippen LogP contribution is 2.55. The van der Waals surface area contributed by atoms with Crippen LogP contribution >= 0.6 is 7.60 Å². The minimum Gasteiger partial charge on any atom is -0.447 e. The Morgan fingerprint density at radius 2 is 1.81 bits per heavy atom. The summed E-state index contributed by atoms with van der Waals surface area (Å²) >= 11 is 0. The molecule has 0 saturated carbocycles. The third-order valence-corrected chi connectivity index (χ3v) is 6.98. The third-order valence-electron chi connectivity index (χ3n) is 4.51. The summed E-state index contributed by atoms with van der Waals surface area (Å²) in [7, 11) is -3.81. The zero-order chi connectivity index (χ0) is 23.3. The van der Waals surface area contributed by atoms with E-state index in [-0.39, 0.29) is 19.6 Å². The smallest absolute Gasteiger partial charge is 0.344 e. The summed E-state index contributed by atoms with van der Waals surface area (Å²) in [6, 6.07) is 9.68. The average molecular weight is 452 g/mol. The molecule has 2 atom stereocenters. The van der Waals surface area contributed by atoms with Crippen LogP contribution in [0.1, 0.15) is 46.1 Å². The summed E-state index contributed by atoms with van der Waals surface area (Å²) in [6.45, 7) is 7.43. The highest BCUT2D eigenvalue weighted by Gasteiger charge is 2.44. The van der Waals surface area contributed by atoms with Crippen LogP contribution in [-0.2, 0) is 39.3 Å². The molecular weight excluding hydrogens is 419 g/mol. The van der Waals surface area contributed by atoms with Gasteiger partial charge < -0.3 is 23.3 Å². The van der Waals surface area contributed by atoms with Gasteiger partial charge in [0.2, 0.25) is 0 Å². The van der Waals surface area contributed by atoms with Crippen LogP contribution in [0.2, 0.25) is 0 Å². The van der Waals surface area contributed by atoms with Crippen molar-refractivity contribution in [3.8, 4) is 12.3 Å². The van der Waals surface area contributed by atoms with Crippen LogP contribution in [-0.4, -0.2) is 43.8 Å². The van der Waals surface area contributed by atoms with Crippen molar-refractivity contribution in [2.75, 3.05) is 19.8 Å². The lowest BCUT2D eigenvalue weighted by molar-refractivity contribution is -0.152. The summed E-state index contributed by atoms with van der Waals surface area (Å²) in [6.07, 6.45) is 5.57. The number of hydrogen-bond acceptors (Lipinski definition) is 7. The van der Waals surface area contributed by atoms with Crippen molar-refractivity contribution in [3.63, 3.8) is 0 Å². The minimum atomic E-state index is -3.81. The van der Waals surface area contributed by atoms with Crippen molar-refractivity contribution in [3.05, 3.63) is 35.9 Å². The molecule has 0 fully saturated rings. The van der Waals surface area contributed by atoms with E-state index in [0.29, 0.717) is 25.9 Å². The van der Waals surface area contributed by atoms with Crippen LogP contribution in [0.5, 0.6) is 0 Å². The maximum Gasteiger partial charge on any atom is 0.344 e. The van der Waals surface area contributed by atoms with Gasteiger partial charge in [-0.05, 0) is 46.1 Å². The highest BCUT2D eigenvalue weighted by atomic mass is 31.2. The van der Waals surface area contributed by atoms with Gasteiger partial charge >= 0.3 is 13.6 Å². The predicted octanol–water partition coefficient (Wildman–Crippen LogP) is 4.39. The molecule has 0 radical (unpaired) electrons. The minimum absolute atomic E-state index is 0.101. The Labute approximate surface area is 185 Å². The van der Waals surface area contributed by atoms with Gasteiger partial charge in [-0.1, -0.05) is 36.3 Å². The maximum absolute atomic E-state index is 13.3. The second kappa shape index (κ2) is 13.4. The largest absolute Gasteiger partial charge is 0.447 e. The van der Waals surface area contributed by atoms with Crippen LogP contribution in [0.15, 0.2) is 30.3 Å². The van der Waals surface area contributed by atoms with Crippen LogP contribution in [0.3, 0.4) is 0 Å². The van der Waals surface area contributed by atoms with Crippen molar-refractivity contribution in [2.45, 2.75) is 58.9 Å². The van der Waals surface area contributed by atoms with Gasteiger partial charge in [0.05, 0.1) is 25.2 Å². The van der Waals surface area contributed by atoms with Crippen LogP contribution in [0, 0.1) is 17.8 Å². The van der Waals surface area contributed by atoms with Gasteiger partial charge in [0, 0.05) is 6.61 Å². The van der Waals surface area contributed by atoms with Gasteiger partial charge in [-0.25, -0.2) is 0 Å². The predicted molar refractivity (Wildman–Crippen MR) is 119 cm³/mol. The lowest BCUT2D eigenvalue weighted by atomic mass is 9.89. The second-order valence-electron chi connectivity index (χ2n) is 7.49. The molecule has 0 bridgehead atoms. The summed E-state index contributed by atoms with van der Waals surface area (Å²) in [4.78, 5) is 24.3. The number of rotatable bonds is 15. The fourth-order valence-electron chi connectivity index (χ4n) is 2.78. The molecule has 7 nitrogen and oxygen atoms in total. The summed E-state index contributed by atoms with van der Waals surface area (Å²) in [5.74, 6) is 1.50. The first-order valence-corrected chi connectivity index (χ1v) is 12.0. The van der Waals surface area contributed by atoms with Gasteiger partial charge in [-0.15, -0.1) is 6.42 Å². The van der Waals surface area contributed by atoms with Crippen molar-refractivity contribution in [2.24, 2.45) is 5.41 Å². The molecule has 2 unspecified atom stereocenters. The molecular formula is C23H33O7P. The standard InChI is InChI=1S/C23H33O7P/c1-6-21(23(4,5)18-24)30-22(25)20(31(26,28-7-2)29-8-3)15-12-16-27-17-19-13-10-9-11-14-19/h1,9-11,13-14,18,20-21H,7-8,12,15-17H2,2-5H3. The Balaban J connectivity index is 2.87. The fourth-order valence-corrected chi connectivity index (χ4v) is 4.75. The molecule has 1 rings (SSSR count). The van der Waals surface area contributed by atoms with E-state index in [9.17, 15) is 14.2 Å². The van der Waals surface area contributed by atoms with Crippen LogP contribution < -0.4 is 0 Å². The zero-order valence-electron chi connectivity index (χ0n) is 18.7. The lowest BCUT2D eigenvalue weighted by Crippen LogP contribution is -2.37. The first-order valence-electron chi connectivity index (χ1n) is 10.4. The average Bonchev–Trinajstić information content (AvgIpc) is 2.75. The van der Waals surface area contributed by atoms with E-state index in [1.165, 1.54) is 0 Å². The van der Waals surface area contributed by atoms with E-state index in [0.717, 1.165) is 5.56 Å². The number of hydrogen-bond donors (Lipinski definition) is 0. The Morgan fingerprint density at radius 1 is 1.19 bits per heavy atom. The van der Waals surface area contributed by atoms with Crippen LogP contribution in [0.4, 0.5) is 0 Å². The SMILES string of the molecule is C#CC(OC(=O)C(CCCOCc1ccccc1)P(=O)(OCC)OCC)C(C)(C)C=O. The number of terminal acetylenes is 1. The molecule has 0 saturated heterocycles. The van der Waals surface area contributed by atoms with E-state index in [1.54, 1.807) is 27.7 Å². The van der Waals surface area contributed by atoms with Crippen molar-refractivity contribution >= 4 is 19.9 Å². The van der Waals surface area contributed by atoms with Crippen molar-refractivity contribution in [1.29, 1.82) is 0 Å². The molecule has 0 aliphatic rings. The molecule has 0 amide bonds. The van der Waals surface area contributed by atoms with E-state index in [1.807, 2.05) is 30.3 Å². The maximum atomic E-state index is 13.3. The molecule has 1 aromatic rings. The van der Waals surface area contributed by atoms with Crippen molar-refractivity contribution < 1.29 is 32.7 Å². The third kappa shape index (κ3) is 8.59. The Kier molecular flexibility index (Phi) is 11.7. The topological polar surface area (TPSA) is 88.1 Å². The van der Waals surface area contributed by atoms with Gasteiger partial charge in [0.15, 0.2) is 11.8 Å².